The van der Waals surface area contributed by atoms with Gasteiger partial charge in [0.15, 0.2) is 11.6 Å². The van der Waals surface area contributed by atoms with Gasteiger partial charge in [0, 0.05) is 10.9 Å². The van der Waals surface area contributed by atoms with Crippen LogP contribution in [0.4, 0.5) is 0 Å². The molecular formula is C13H11N7S. The molecule has 0 spiro atoms. The summed E-state index contributed by atoms with van der Waals surface area (Å²) in [5.74, 6) is 2.15. The zero-order valence-corrected chi connectivity index (χ0v) is 12.2. The standard InChI is InChI=1S/C13H11N7S/c1-8-11-13(19-7-14-6-15-19)17-12(10-3-4-21-5-10)18-20(11)9(2)16-8/h3-7H,1-2H3. The van der Waals surface area contributed by atoms with Gasteiger partial charge in [-0.15, -0.1) is 5.10 Å². The van der Waals surface area contributed by atoms with Crippen molar-refractivity contribution in [3.8, 4) is 17.2 Å². The molecule has 0 aliphatic rings. The summed E-state index contributed by atoms with van der Waals surface area (Å²) in [6.07, 6.45) is 3.11. The van der Waals surface area contributed by atoms with Gasteiger partial charge in [-0.2, -0.15) is 16.4 Å². The lowest BCUT2D eigenvalue weighted by Gasteiger charge is -2.06. The molecule has 4 rings (SSSR count). The van der Waals surface area contributed by atoms with E-state index in [0.717, 1.165) is 22.6 Å². The first kappa shape index (κ1) is 12.2. The molecule has 4 heterocycles. The van der Waals surface area contributed by atoms with E-state index in [-0.39, 0.29) is 0 Å². The zero-order chi connectivity index (χ0) is 14.4. The van der Waals surface area contributed by atoms with E-state index < -0.39 is 0 Å². The Morgan fingerprint density at radius 2 is 2.10 bits per heavy atom. The van der Waals surface area contributed by atoms with E-state index >= 15 is 0 Å². The highest BCUT2D eigenvalue weighted by Crippen LogP contribution is 2.23. The largest absolute Gasteiger partial charge is 0.236 e. The third-order valence-electron chi connectivity index (χ3n) is 3.22. The average molecular weight is 297 g/mol. The van der Waals surface area contributed by atoms with Gasteiger partial charge >= 0.3 is 0 Å². The van der Waals surface area contributed by atoms with Crippen LogP contribution in [0.5, 0.6) is 0 Å². The molecule has 0 unspecified atom stereocenters. The quantitative estimate of drug-likeness (QED) is 0.566. The van der Waals surface area contributed by atoms with Crippen LogP contribution in [0.2, 0.25) is 0 Å². The van der Waals surface area contributed by atoms with Crippen molar-refractivity contribution in [1.82, 2.24) is 34.3 Å². The Labute approximate surface area is 123 Å². The molecule has 21 heavy (non-hydrogen) atoms. The SMILES string of the molecule is Cc1nc(C)n2nc(-c3ccsc3)nc(-n3cncn3)c12. The summed E-state index contributed by atoms with van der Waals surface area (Å²) in [4.78, 5) is 13.1. The summed E-state index contributed by atoms with van der Waals surface area (Å²) in [5, 5.41) is 12.8. The van der Waals surface area contributed by atoms with E-state index in [1.54, 1.807) is 22.3 Å². The summed E-state index contributed by atoms with van der Waals surface area (Å²) in [7, 11) is 0. The van der Waals surface area contributed by atoms with Gasteiger partial charge in [-0.1, -0.05) is 0 Å². The van der Waals surface area contributed by atoms with Gasteiger partial charge in [-0.25, -0.2) is 24.1 Å². The van der Waals surface area contributed by atoms with Gasteiger partial charge in [-0.05, 0) is 25.3 Å². The van der Waals surface area contributed by atoms with Crippen LogP contribution in [0.15, 0.2) is 29.5 Å². The predicted molar refractivity (Wildman–Crippen MR) is 78.5 cm³/mol. The number of fused-ring (bicyclic) bond motifs is 1. The Morgan fingerprint density at radius 1 is 1.19 bits per heavy atom. The van der Waals surface area contributed by atoms with Crippen LogP contribution < -0.4 is 0 Å². The number of hydrogen-bond acceptors (Lipinski definition) is 6. The minimum Gasteiger partial charge on any atom is -0.236 e. The van der Waals surface area contributed by atoms with Gasteiger partial charge in [0.2, 0.25) is 0 Å². The highest BCUT2D eigenvalue weighted by molar-refractivity contribution is 7.08. The van der Waals surface area contributed by atoms with Crippen molar-refractivity contribution in [2.24, 2.45) is 0 Å². The number of imidazole rings is 1. The Bertz CT molecular complexity index is 906. The number of hydrogen-bond donors (Lipinski definition) is 0. The minimum atomic E-state index is 0.648. The number of aromatic nitrogens is 7. The number of rotatable bonds is 2. The highest BCUT2D eigenvalue weighted by atomic mass is 32.1. The Morgan fingerprint density at radius 3 is 2.81 bits per heavy atom. The lowest BCUT2D eigenvalue weighted by atomic mass is 10.3. The maximum atomic E-state index is 4.66. The first-order valence-electron chi connectivity index (χ1n) is 6.35. The summed E-state index contributed by atoms with van der Waals surface area (Å²) >= 11 is 1.61. The summed E-state index contributed by atoms with van der Waals surface area (Å²) in [5.41, 5.74) is 2.70. The number of nitrogens with zero attached hydrogens (tertiary/aromatic N) is 7. The molecule has 7 nitrogen and oxygen atoms in total. The van der Waals surface area contributed by atoms with Crippen molar-refractivity contribution in [2.75, 3.05) is 0 Å². The topological polar surface area (TPSA) is 73.8 Å². The van der Waals surface area contributed by atoms with Gasteiger partial charge in [0.1, 0.15) is 24.0 Å². The monoisotopic (exact) mass is 297 g/mol. The van der Waals surface area contributed by atoms with Crippen molar-refractivity contribution >= 4 is 16.9 Å². The molecular weight excluding hydrogens is 286 g/mol. The molecule has 8 heteroatoms. The van der Waals surface area contributed by atoms with Crippen LogP contribution in [0.3, 0.4) is 0 Å². The Kier molecular flexibility index (Phi) is 2.58. The molecule has 0 radical (unpaired) electrons. The zero-order valence-electron chi connectivity index (χ0n) is 11.4. The molecule has 0 N–H and O–H groups in total. The second-order valence-electron chi connectivity index (χ2n) is 4.62. The molecule has 0 atom stereocenters. The molecule has 0 bridgehead atoms. The fraction of sp³-hybridized carbons (Fsp3) is 0.154. The maximum absolute atomic E-state index is 4.66. The molecule has 0 aromatic carbocycles. The average Bonchev–Trinajstić information content (AvgIpc) is 3.21. The molecule has 0 amide bonds. The molecule has 0 aliphatic heterocycles. The van der Waals surface area contributed by atoms with E-state index in [4.69, 9.17) is 0 Å². The Balaban J connectivity index is 2.10. The third kappa shape index (κ3) is 1.83. The van der Waals surface area contributed by atoms with Crippen LogP contribution in [0.1, 0.15) is 11.5 Å². The van der Waals surface area contributed by atoms with Crippen LogP contribution in [0, 0.1) is 13.8 Å². The van der Waals surface area contributed by atoms with Crippen LogP contribution >= 0.6 is 11.3 Å². The van der Waals surface area contributed by atoms with Crippen LogP contribution in [-0.4, -0.2) is 34.3 Å². The number of aryl methyl sites for hydroxylation is 2. The molecule has 104 valence electrons. The van der Waals surface area contributed by atoms with Crippen molar-refractivity contribution in [2.45, 2.75) is 13.8 Å². The molecule has 0 saturated carbocycles. The van der Waals surface area contributed by atoms with Crippen molar-refractivity contribution in [3.63, 3.8) is 0 Å². The van der Waals surface area contributed by atoms with Crippen molar-refractivity contribution in [3.05, 3.63) is 41.0 Å². The lowest BCUT2D eigenvalue weighted by Crippen LogP contribution is -2.07. The Hall–Kier alpha value is -2.61. The molecule has 4 aromatic rings. The van der Waals surface area contributed by atoms with Crippen molar-refractivity contribution in [1.29, 1.82) is 0 Å². The fourth-order valence-corrected chi connectivity index (χ4v) is 2.93. The summed E-state index contributed by atoms with van der Waals surface area (Å²) < 4.78 is 3.45. The van der Waals surface area contributed by atoms with Crippen LogP contribution in [-0.2, 0) is 0 Å². The summed E-state index contributed by atoms with van der Waals surface area (Å²) in [6.45, 7) is 3.87. The molecule has 0 saturated heterocycles. The highest BCUT2D eigenvalue weighted by Gasteiger charge is 2.17. The van der Waals surface area contributed by atoms with Gasteiger partial charge in [-0.3, -0.25) is 0 Å². The van der Waals surface area contributed by atoms with E-state index in [1.807, 2.05) is 35.2 Å². The molecule has 0 fully saturated rings. The van der Waals surface area contributed by atoms with Gasteiger partial charge in [0.25, 0.3) is 0 Å². The number of thiophene rings is 1. The van der Waals surface area contributed by atoms with E-state index in [2.05, 4.69) is 25.1 Å². The molecule has 4 aromatic heterocycles. The molecule has 0 aliphatic carbocycles. The lowest BCUT2D eigenvalue weighted by molar-refractivity contribution is 0.800. The minimum absolute atomic E-state index is 0.648. The normalized spacial score (nSPS) is 11.3. The van der Waals surface area contributed by atoms with Crippen molar-refractivity contribution < 1.29 is 0 Å². The smallest absolute Gasteiger partial charge is 0.185 e. The van der Waals surface area contributed by atoms with Gasteiger partial charge in [0.05, 0.1) is 5.69 Å². The third-order valence-corrected chi connectivity index (χ3v) is 3.91. The van der Waals surface area contributed by atoms with Gasteiger partial charge < -0.3 is 0 Å². The van der Waals surface area contributed by atoms with E-state index in [0.29, 0.717) is 11.6 Å². The second-order valence-corrected chi connectivity index (χ2v) is 5.40. The predicted octanol–water partition coefficient (Wildman–Crippen LogP) is 2.05. The van der Waals surface area contributed by atoms with Crippen LogP contribution in [0.25, 0.3) is 22.7 Å². The second kappa shape index (κ2) is 4.45. The first-order chi connectivity index (χ1) is 10.2. The summed E-state index contributed by atoms with van der Waals surface area (Å²) in [6, 6.07) is 2.00. The van der Waals surface area contributed by atoms with E-state index in [9.17, 15) is 0 Å². The van der Waals surface area contributed by atoms with E-state index in [1.165, 1.54) is 6.33 Å². The fourth-order valence-electron chi connectivity index (χ4n) is 2.30. The maximum Gasteiger partial charge on any atom is 0.185 e. The first-order valence-corrected chi connectivity index (χ1v) is 7.30.